The summed E-state index contributed by atoms with van der Waals surface area (Å²) in [5.41, 5.74) is 3.43. The zero-order valence-electron chi connectivity index (χ0n) is 16.6. The largest absolute Gasteiger partial charge is 0.481 e. The fourth-order valence-corrected chi connectivity index (χ4v) is 3.08. The van der Waals surface area contributed by atoms with Crippen molar-refractivity contribution in [1.29, 1.82) is 0 Å². The number of carboxylic acids is 1. The number of aromatic amines is 1. The van der Waals surface area contributed by atoms with Crippen molar-refractivity contribution in [2.45, 2.75) is 6.92 Å². The van der Waals surface area contributed by atoms with E-state index in [1.54, 1.807) is 56.6 Å². The number of ether oxygens (including phenoxy) is 2. The number of benzene rings is 2. The van der Waals surface area contributed by atoms with Crippen LogP contribution in [0.2, 0.25) is 5.02 Å². The maximum absolute atomic E-state index is 11.3. The molecule has 0 spiro atoms. The van der Waals surface area contributed by atoms with Crippen LogP contribution in [0.25, 0.3) is 11.0 Å². The first-order valence-corrected chi connectivity index (χ1v) is 9.54. The second-order valence-corrected chi connectivity index (χ2v) is 7.02. The van der Waals surface area contributed by atoms with Crippen LogP contribution in [0.4, 0.5) is 0 Å². The van der Waals surface area contributed by atoms with Crippen LogP contribution in [0.15, 0.2) is 48.7 Å². The number of fused-ring (bicyclic) bond motifs is 1. The molecule has 31 heavy (non-hydrogen) atoms. The van der Waals surface area contributed by atoms with Gasteiger partial charge in [0.2, 0.25) is 5.88 Å². The van der Waals surface area contributed by atoms with E-state index in [1.165, 1.54) is 6.07 Å². The number of methoxy groups -OCH3 is 1. The minimum atomic E-state index is -1.02. The molecule has 154 valence electrons. The molecule has 2 aromatic carbocycles. The molecule has 4 rings (SSSR count). The van der Waals surface area contributed by atoms with Gasteiger partial charge in [-0.3, -0.25) is 0 Å². The molecular weight excluding hydrogens is 418 g/mol. The van der Waals surface area contributed by atoms with Crippen LogP contribution in [0, 0.1) is 18.8 Å². The Bertz CT molecular complexity index is 1350. The van der Waals surface area contributed by atoms with Crippen molar-refractivity contribution in [1.82, 2.24) is 15.0 Å². The van der Waals surface area contributed by atoms with E-state index in [1.807, 2.05) is 0 Å². The number of H-pyrrole nitrogens is 1. The first kappa shape index (κ1) is 20.3. The first-order valence-electron chi connectivity index (χ1n) is 9.16. The van der Waals surface area contributed by atoms with Crippen LogP contribution in [0.1, 0.15) is 27.0 Å². The summed E-state index contributed by atoms with van der Waals surface area (Å²) in [4.78, 5) is 22.9. The smallest absolute Gasteiger partial charge is 0.336 e. The van der Waals surface area contributed by atoms with Crippen LogP contribution >= 0.6 is 11.6 Å². The van der Waals surface area contributed by atoms with E-state index in [0.717, 1.165) is 5.56 Å². The van der Waals surface area contributed by atoms with Crippen molar-refractivity contribution in [3.8, 4) is 29.5 Å². The Balaban J connectivity index is 1.61. The molecule has 2 N–H and O–H groups in total. The van der Waals surface area contributed by atoms with Gasteiger partial charge < -0.3 is 19.6 Å². The lowest BCUT2D eigenvalue weighted by atomic mass is 10.1. The van der Waals surface area contributed by atoms with Gasteiger partial charge in [-0.05, 0) is 42.8 Å². The molecular formula is C23H16ClN3O4. The van der Waals surface area contributed by atoms with Crippen molar-refractivity contribution < 1.29 is 19.4 Å². The zero-order valence-corrected chi connectivity index (χ0v) is 17.3. The third kappa shape index (κ3) is 4.44. The van der Waals surface area contributed by atoms with E-state index in [-0.39, 0.29) is 11.6 Å². The third-order valence-electron chi connectivity index (χ3n) is 4.49. The minimum absolute atomic E-state index is 0.169. The quantitative estimate of drug-likeness (QED) is 0.448. The highest BCUT2D eigenvalue weighted by Gasteiger charge is 2.12. The molecule has 2 heterocycles. The number of aryl methyl sites for hydroxylation is 1. The lowest BCUT2D eigenvalue weighted by Gasteiger charge is -2.05. The molecule has 0 aliphatic heterocycles. The first-order chi connectivity index (χ1) is 14.9. The predicted octanol–water partition coefficient (Wildman–Crippen LogP) is 4.82. The van der Waals surface area contributed by atoms with Crippen LogP contribution in [0.3, 0.4) is 0 Å². The predicted molar refractivity (Wildman–Crippen MR) is 116 cm³/mol. The number of nitrogens with one attached hydrogen (secondary N) is 1. The number of hydrogen-bond acceptors (Lipinski definition) is 5. The SMILES string of the molecule is COc1ccc(C#Cc2cc3[nH]c(Oc4ccc(C)c(C(=O)O)c4)nc3cc2Cl)cn1. The highest BCUT2D eigenvalue weighted by molar-refractivity contribution is 6.32. The van der Waals surface area contributed by atoms with Crippen LogP contribution in [-0.2, 0) is 0 Å². The molecule has 0 bridgehead atoms. The van der Waals surface area contributed by atoms with Gasteiger partial charge in [0.15, 0.2) is 0 Å². The summed E-state index contributed by atoms with van der Waals surface area (Å²) < 4.78 is 10.7. The Morgan fingerprint density at radius 1 is 1.16 bits per heavy atom. The van der Waals surface area contributed by atoms with E-state index >= 15 is 0 Å². The van der Waals surface area contributed by atoms with Gasteiger partial charge in [0, 0.05) is 23.4 Å². The highest BCUT2D eigenvalue weighted by Crippen LogP contribution is 2.27. The topological polar surface area (TPSA) is 97.3 Å². The molecule has 0 radical (unpaired) electrons. The average molecular weight is 434 g/mol. The number of imidazole rings is 1. The lowest BCUT2D eigenvalue weighted by molar-refractivity contribution is 0.0695. The number of rotatable bonds is 4. The number of aromatic nitrogens is 3. The summed E-state index contributed by atoms with van der Waals surface area (Å²) in [5, 5.41) is 9.72. The monoisotopic (exact) mass is 433 g/mol. The molecule has 7 nitrogen and oxygen atoms in total. The fraction of sp³-hybridized carbons (Fsp3) is 0.0870. The fourth-order valence-electron chi connectivity index (χ4n) is 2.87. The Hall–Kier alpha value is -4.02. The summed E-state index contributed by atoms with van der Waals surface area (Å²) >= 11 is 6.36. The summed E-state index contributed by atoms with van der Waals surface area (Å²) in [7, 11) is 1.55. The minimum Gasteiger partial charge on any atom is -0.481 e. The number of hydrogen-bond donors (Lipinski definition) is 2. The Labute approximate surface area is 182 Å². The van der Waals surface area contributed by atoms with E-state index in [4.69, 9.17) is 21.1 Å². The summed E-state index contributed by atoms with van der Waals surface area (Å²) in [5.74, 6) is 5.90. The molecule has 0 aliphatic carbocycles. The molecule has 0 saturated heterocycles. The maximum atomic E-state index is 11.3. The molecule has 0 fully saturated rings. The van der Waals surface area contributed by atoms with Gasteiger partial charge in [-0.15, -0.1) is 0 Å². The number of halogens is 1. The summed E-state index contributed by atoms with van der Waals surface area (Å²) in [6.07, 6.45) is 1.62. The van der Waals surface area contributed by atoms with Crippen LogP contribution in [0.5, 0.6) is 17.6 Å². The number of aromatic carboxylic acids is 1. The van der Waals surface area contributed by atoms with Gasteiger partial charge in [-0.2, -0.15) is 4.98 Å². The number of pyridine rings is 1. The molecule has 0 unspecified atom stereocenters. The Morgan fingerprint density at radius 3 is 2.71 bits per heavy atom. The van der Waals surface area contributed by atoms with Crippen molar-refractivity contribution in [3.05, 3.63) is 75.9 Å². The number of carbonyl (C=O) groups is 1. The molecule has 0 amide bonds. The van der Waals surface area contributed by atoms with E-state index in [9.17, 15) is 9.90 Å². The van der Waals surface area contributed by atoms with E-state index in [2.05, 4.69) is 26.8 Å². The Morgan fingerprint density at radius 2 is 2.00 bits per heavy atom. The summed E-state index contributed by atoms with van der Waals surface area (Å²) in [6.45, 7) is 1.72. The second-order valence-electron chi connectivity index (χ2n) is 6.61. The zero-order chi connectivity index (χ0) is 22.0. The van der Waals surface area contributed by atoms with Gasteiger partial charge in [-0.1, -0.05) is 29.5 Å². The van der Waals surface area contributed by atoms with Gasteiger partial charge in [-0.25, -0.2) is 9.78 Å². The second kappa shape index (κ2) is 8.38. The van der Waals surface area contributed by atoms with Crippen molar-refractivity contribution in [2.24, 2.45) is 0 Å². The van der Waals surface area contributed by atoms with Gasteiger partial charge in [0.1, 0.15) is 5.75 Å². The maximum Gasteiger partial charge on any atom is 0.336 e. The average Bonchev–Trinajstić information content (AvgIpc) is 3.14. The summed E-state index contributed by atoms with van der Waals surface area (Å²) in [6, 6.07) is 12.0. The van der Waals surface area contributed by atoms with Crippen LogP contribution < -0.4 is 9.47 Å². The van der Waals surface area contributed by atoms with Crippen molar-refractivity contribution in [3.63, 3.8) is 0 Å². The molecule has 0 saturated carbocycles. The standard InChI is InChI=1S/C23H16ClN3O4/c1-13-3-7-16(10-17(13)22(28)29)31-23-26-19-9-15(18(24)11-20(19)27-23)6-4-14-5-8-21(30-2)25-12-14/h3,5,7-12H,1-2H3,(H,26,27)(H,28,29). The molecule has 0 aliphatic rings. The lowest BCUT2D eigenvalue weighted by Crippen LogP contribution is -2.00. The molecule has 8 heteroatoms. The molecule has 0 atom stereocenters. The van der Waals surface area contributed by atoms with E-state index in [0.29, 0.717) is 38.8 Å². The normalized spacial score (nSPS) is 10.4. The number of nitrogens with zero attached hydrogens (tertiary/aromatic N) is 2. The van der Waals surface area contributed by atoms with Crippen molar-refractivity contribution in [2.75, 3.05) is 7.11 Å². The highest BCUT2D eigenvalue weighted by atomic mass is 35.5. The Kier molecular flexibility index (Phi) is 5.48. The number of carboxylic acid groups (broad SMARTS) is 1. The van der Waals surface area contributed by atoms with Gasteiger partial charge in [0.05, 0.1) is 28.7 Å². The van der Waals surface area contributed by atoms with Gasteiger partial charge in [0.25, 0.3) is 6.01 Å². The molecule has 4 aromatic rings. The van der Waals surface area contributed by atoms with Crippen LogP contribution in [-0.4, -0.2) is 33.1 Å². The van der Waals surface area contributed by atoms with Crippen molar-refractivity contribution >= 4 is 28.6 Å². The molecule has 2 aromatic heterocycles. The third-order valence-corrected chi connectivity index (χ3v) is 4.80. The van der Waals surface area contributed by atoms with E-state index < -0.39 is 5.97 Å². The van der Waals surface area contributed by atoms with Gasteiger partial charge >= 0.3 is 5.97 Å².